The van der Waals surface area contributed by atoms with E-state index < -0.39 is 5.91 Å². The van der Waals surface area contributed by atoms with Crippen LogP contribution in [-0.4, -0.2) is 36.3 Å². The van der Waals surface area contributed by atoms with Gasteiger partial charge in [-0.2, -0.15) is 0 Å². The fraction of sp³-hybridized carbons (Fsp3) is 0.833. The Morgan fingerprint density at radius 3 is 2.29 bits per heavy atom. The highest BCUT2D eigenvalue weighted by molar-refractivity contribution is 5.83. The van der Waals surface area contributed by atoms with Crippen molar-refractivity contribution >= 4 is 11.8 Å². The van der Waals surface area contributed by atoms with E-state index in [1.54, 1.807) is 0 Å². The van der Waals surface area contributed by atoms with Gasteiger partial charge in [-0.25, -0.2) is 0 Å². The van der Waals surface area contributed by atoms with Gasteiger partial charge < -0.3 is 16.4 Å². The van der Waals surface area contributed by atoms with Gasteiger partial charge in [-0.15, -0.1) is 0 Å². The lowest BCUT2D eigenvalue weighted by atomic mass is 9.96. The molecule has 0 heterocycles. The van der Waals surface area contributed by atoms with Crippen LogP contribution in [0.4, 0.5) is 0 Å². The summed E-state index contributed by atoms with van der Waals surface area (Å²) in [5.41, 5.74) is 10.6. The quantitative estimate of drug-likeness (QED) is 0.617. The third-order valence-electron chi connectivity index (χ3n) is 3.00. The van der Waals surface area contributed by atoms with Gasteiger partial charge >= 0.3 is 0 Å². The third kappa shape index (κ3) is 6.94. The van der Waals surface area contributed by atoms with E-state index in [1.807, 2.05) is 6.92 Å². The molecule has 4 N–H and O–H groups in total. The van der Waals surface area contributed by atoms with Crippen LogP contribution in [0.1, 0.15) is 39.5 Å². The number of nitrogens with two attached hydrogens (primary N) is 2. The minimum atomic E-state index is -0.464. The number of likely N-dealkylation sites (N-methyl/N-ethyl adjacent to an activating group) is 1. The Morgan fingerprint density at radius 1 is 1.24 bits per heavy atom. The molecule has 1 atom stereocenters. The fourth-order valence-corrected chi connectivity index (χ4v) is 1.84. The highest BCUT2D eigenvalue weighted by Crippen LogP contribution is 2.15. The number of hydrogen-bond acceptors (Lipinski definition) is 3. The molecule has 0 spiro atoms. The molecule has 0 saturated carbocycles. The van der Waals surface area contributed by atoms with Crippen molar-refractivity contribution in [1.29, 1.82) is 0 Å². The molecule has 17 heavy (non-hydrogen) atoms. The van der Waals surface area contributed by atoms with Crippen molar-refractivity contribution in [2.75, 3.05) is 19.6 Å². The minimum absolute atomic E-state index is 0.00164. The van der Waals surface area contributed by atoms with Crippen molar-refractivity contribution in [3.05, 3.63) is 0 Å². The molecule has 0 aliphatic rings. The Labute approximate surface area is 104 Å². The second-order valence-electron chi connectivity index (χ2n) is 4.26. The van der Waals surface area contributed by atoms with Crippen molar-refractivity contribution in [2.24, 2.45) is 17.4 Å². The van der Waals surface area contributed by atoms with Crippen LogP contribution in [0.5, 0.6) is 0 Å². The van der Waals surface area contributed by atoms with E-state index >= 15 is 0 Å². The summed E-state index contributed by atoms with van der Waals surface area (Å²) in [5, 5.41) is 0. The van der Waals surface area contributed by atoms with Crippen LogP contribution in [-0.2, 0) is 9.59 Å². The number of nitrogens with zero attached hydrogens (tertiary/aromatic N) is 1. The highest BCUT2D eigenvalue weighted by atomic mass is 16.2. The van der Waals surface area contributed by atoms with Crippen molar-refractivity contribution in [3.8, 4) is 0 Å². The molecule has 0 rings (SSSR count). The van der Waals surface area contributed by atoms with Crippen LogP contribution in [0, 0.1) is 5.92 Å². The molecular formula is C12H25N3O2. The molecular weight excluding hydrogens is 218 g/mol. The van der Waals surface area contributed by atoms with Gasteiger partial charge in [-0.05, 0) is 32.2 Å². The Hall–Kier alpha value is -1.10. The molecule has 1 unspecified atom stereocenters. The summed E-state index contributed by atoms with van der Waals surface area (Å²) in [6.45, 7) is 5.15. The van der Waals surface area contributed by atoms with E-state index in [9.17, 15) is 9.59 Å². The van der Waals surface area contributed by atoms with Gasteiger partial charge in [0.15, 0.2) is 0 Å². The van der Waals surface area contributed by atoms with E-state index in [1.165, 1.54) is 4.90 Å². The smallest absolute Gasteiger partial charge is 0.237 e. The maximum Gasteiger partial charge on any atom is 0.237 e. The minimum Gasteiger partial charge on any atom is -0.368 e. The van der Waals surface area contributed by atoms with Crippen molar-refractivity contribution in [2.45, 2.75) is 39.5 Å². The third-order valence-corrected chi connectivity index (χ3v) is 3.00. The van der Waals surface area contributed by atoms with E-state index in [0.29, 0.717) is 25.4 Å². The number of amides is 2. The van der Waals surface area contributed by atoms with Gasteiger partial charge in [0.05, 0.1) is 6.54 Å². The predicted molar refractivity (Wildman–Crippen MR) is 68.1 cm³/mol. The Kier molecular flexibility index (Phi) is 8.40. The second kappa shape index (κ2) is 8.98. The van der Waals surface area contributed by atoms with Gasteiger partial charge in [0.25, 0.3) is 0 Å². The van der Waals surface area contributed by atoms with Crippen LogP contribution >= 0.6 is 0 Å². The summed E-state index contributed by atoms with van der Waals surface area (Å²) in [6, 6.07) is 0. The van der Waals surface area contributed by atoms with Crippen LogP contribution in [0.15, 0.2) is 0 Å². The summed E-state index contributed by atoms with van der Waals surface area (Å²) < 4.78 is 0. The first-order chi connectivity index (χ1) is 8.04. The number of carbonyl (C=O) groups excluding carboxylic acids is 2. The summed E-state index contributed by atoms with van der Waals surface area (Å²) >= 11 is 0. The molecule has 0 aliphatic carbocycles. The average Bonchev–Trinajstić information content (AvgIpc) is 2.30. The summed E-state index contributed by atoms with van der Waals surface area (Å²) in [7, 11) is 0. The van der Waals surface area contributed by atoms with Crippen LogP contribution in [0.2, 0.25) is 0 Å². The van der Waals surface area contributed by atoms with Gasteiger partial charge in [0.2, 0.25) is 11.8 Å². The van der Waals surface area contributed by atoms with E-state index in [2.05, 4.69) is 6.92 Å². The summed E-state index contributed by atoms with van der Waals surface area (Å²) in [5.74, 6) is 0.0344. The lowest BCUT2D eigenvalue weighted by molar-refractivity contribution is -0.135. The molecule has 0 fully saturated rings. The van der Waals surface area contributed by atoms with E-state index in [4.69, 9.17) is 11.5 Å². The number of carbonyl (C=O) groups is 2. The van der Waals surface area contributed by atoms with Gasteiger partial charge in [-0.1, -0.05) is 13.3 Å². The monoisotopic (exact) mass is 243 g/mol. The van der Waals surface area contributed by atoms with Gasteiger partial charge in [0.1, 0.15) is 0 Å². The maximum atomic E-state index is 11.8. The molecule has 0 aromatic rings. The Bertz CT molecular complexity index is 244. The molecule has 0 aliphatic heterocycles. The number of primary amides is 1. The van der Waals surface area contributed by atoms with E-state index in [-0.39, 0.29) is 12.5 Å². The predicted octanol–water partition coefficient (Wildman–Crippen LogP) is 0.475. The summed E-state index contributed by atoms with van der Waals surface area (Å²) in [4.78, 5) is 24.1. The molecule has 0 bridgehead atoms. The second-order valence-corrected chi connectivity index (χ2v) is 4.26. The molecule has 100 valence electrons. The first-order valence-corrected chi connectivity index (χ1v) is 6.31. The Balaban J connectivity index is 4.08. The van der Waals surface area contributed by atoms with Crippen LogP contribution < -0.4 is 11.5 Å². The molecule has 2 amide bonds. The molecule has 0 aromatic carbocycles. The zero-order valence-electron chi connectivity index (χ0n) is 10.9. The maximum absolute atomic E-state index is 11.8. The van der Waals surface area contributed by atoms with Crippen molar-refractivity contribution in [1.82, 2.24) is 4.90 Å². The first kappa shape index (κ1) is 15.9. The standard InChI is InChI=1S/C12H25N3O2/c1-3-10(7-8-13)5-6-12(17)15(4-2)9-11(14)16/h10H,3-9,13H2,1-2H3,(H2,14,16). The number of rotatable bonds is 9. The van der Waals surface area contributed by atoms with Gasteiger partial charge in [-0.3, -0.25) is 9.59 Å². The molecule has 5 nitrogen and oxygen atoms in total. The number of hydrogen-bond donors (Lipinski definition) is 2. The van der Waals surface area contributed by atoms with Crippen molar-refractivity contribution in [3.63, 3.8) is 0 Å². The molecule has 0 saturated heterocycles. The lowest BCUT2D eigenvalue weighted by Crippen LogP contribution is -2.38. The molecule has 0 radical (unpaired) electrons. The van der Waals surface area contributed by atoms with E-state index in [0.717, 1.165) is 19.3 Å². The summed E-state index contributed by atoms with van der Waals surface area (Å²) in [6.07, 6.45) is 3.29. The normalized spacial score (nSPS) is 12.2. The topological polar surface area (TPSA) is 89.4 Å². The largest absolute Gasteiger partial charge is 0.368 e. The fourth-order valence-electron chi connectivity index (χ4n) is 1.84. The first-order valence-electron chi connectivity index (χ1n) is 6.31. The zero-order chi connectivity index (χ0) is 13.3. The van der Waals surface area contributed by atoms with Crippen LogP contribution in [0.3, 0.4) is 0 Å². The Morgan fingerprint density at radius 2 is 1.88 bits per heavy atom. The molecule has 5 heteroatoms. The average molecular weight is 243 g/mol. The van der Waals surface area contributed by atoms with Crippen molar-refractivity contribution < 1.29 is 9.59 Å². The zero-order valence-corrected chi connectivity index (χ0v) is 10.9. The van der Waals surface area contributed by atoms with Crippen LogP contribution in [0.25, 0.3) is 0 Å². The SMILES string of the molecule is CCC(CCN)CCC(=O)N(CC)CC(N)=O. The molecule has 0 aromatic heterocycles. The van der Waals surface area contributed by atoms with Gasteiger partial charge in [0, 0.05) is 13.0 Å². The lowest BCUT2D eigenvalue weighted by Gasteiger charge is -2.20. The highest BCUT2D eigenvalue weighted by Gasteiger charge is 2.15.